The highest BCUT2D eigenvalue weighted by Gasteiger charge is 2.66. The van der Waals surface area contributed by atoms with Crippen molar-refractivity contribution in [2.24, 2.45) is 11.3 Å². The van der Waals surface area contributed by atoms with Crippen molar-refractivity contribution < 1.29 is 4.74 Å². The molecule has 1 aromatic heterocycles. The van der Waals surface area contributed by atoms with Crippen LogP contribution in [0.15, 0.2) is 60.0 Å². The number of benzene rings is 1. The predicted octanol–water partition coefficient (Wildman–Crippen LogP) is 6.06. The van der Waals surface area contributed by atoms with Crippen molar-refractivity contribution in [1.82, 2.24) is 10.3 Å². The maximum Gasteiger partial charge on any atom is 0.0974 e. The van der Waals surface area contributed by atoms with E-state index in [1.54, 1.807) is 5.57 Å². The van der Waals surface area contributed by atoms with Gasteiger partial charge >= 0.3 is 0 Å². The Kier molecular flexibility index (Phi) is 3.99. The molecule has 3 fully saturated rings. The molecule has 3 aliphatic carbocycles. The van der Waals surface area contributed by atoms with Crippen molar-refractivity contribution in [1.29, 1.82) is 0 Å². The van der Waals surface area contributed by atoms with Crippen molar-refractivity contribution in [3.63, 3.8) is 0 Å². The van der Waals surface area contributed by atoms with Crippen LogP contribution < -0.4 is 5.32 Å². The molecule has 1 unspecified atom stereocenters. The highest BCUT2D eigenvalue weighted by Crippen LogP contribution is 2.69. The zero-order chi connectivity index (χ0) is 21.6. The minimum atomic E-state index is -0.0563. The molecule has 1 N–H and O–H groups in total. The molecule has 0 radical (unpaired) electrons. The van der Waals surface area contributed by atoms with Crippen LogP contribution in [0.2, 0.25) is 0 Å². The van der Waals surface area contributed by atoms with E-state index in [0.29, 0.717) is 17.9 Å². The number of fused-ring (bicyclic) bond motifs is 2. The molecular formula is C29H34N2O. The minimum Gasteiger partial charge on any atom is -0.359 e. The summed E-state index contributed by atoms with van der Waals surface area (Å²) in [7, 11) is 2.12. The van der Waals surface area contributed by atoms with Crippen molar-refractivity contribution in [3.05, 3.63) is 65.5 Å². The summed E-state index contributed by atoms with van der Waals surface area (Å²) >= 11 is 0. The van der Waals surface area contributed by atoms with Gasteiger partial charge in [0.25, 0.3) is 0 Å². The summed E-state index contributed by atoms with van der Waals surface area (Å²) in [5, 5.41) is 6.11. The summed E-state index contributed by atoms with van der Waals surface area (Å²) < 4.78 is 7.36. The molecule has 7 rings (SSSR count). The lowest BCUT2D eigenvalue weighted by molar-refractivity contribution is -0.136. The van der Waals surface area contributed by atoms with Crippen molar-refractivity contribution >= 4 is 10.8 Å². The van der Waals surface area contributed by atoms with Crippen LogP contribution in [0.4, 0.5) is 0 Å². The summed E-state index contributed by atoms with van der Waals surface area (Å²) in [6.07, 6.45) is 18.8. The largest absolute Gasteiger partial charge is 0.359 e. The number of nitrogens with one attached hydrogen (secondary N) is 1. The Hall–Kier alpha value is -1.97. The Bertz CT molecular complexity index is 1170. The molecule has 32 heavy (non-hydrogen) atoms. The van der Waals surface area contributed by atoms with Gasteiger partial charge in [0, 0.05) is 23.8 Å². The lowest BCUT2D eigenvalue weighted by atomic mass is 9.58. The molecule has 2 bridgehead atoms. The normalized spacial score (nSPS) is 42.1. The molecule has 1 saturated heterocycles. The topological polar surface area (TPSA) is 34.2 Å². The zero-order valence-electron chi connectivity index (χ0n) is 19.4. The molecule has 0 amide bonds. The summed E-state index contributed by atoms with van der Waals surface area (Å²) in [5.41, 5.74) is 4.80. The molecule has 3 heteroatoms. The van der Waals surface area contributed by atoms with Crippen LogP contribution in [0.25, 0.3) is 10.8 Å². The minimum absolute atomic E-state index is 0.00573. The van der Waals surface area contributed by atoms with E-state index in [9.17, 15) is 0 Å². The number of rotatable bonds is 2. The van der Waals surface area contributed by atoms with Gasteiger partial charge in [-0.25, -0.2) is 0 Å². The Morgan fingerprint density at radius 1 is 1.09 bits per heavy atom. The quantitative estimate of drug-likeness (QED) is 0.633. The van der Waals surface area contributed by atoms with E-state index in [2.05, 4.69) is 60.7 Å². The van der Waals surface area contributed by atoms with Gasteiger partial charge in [0.1, 0.15) is 0 Å². The number of nitrogens with zero attached hydrogens (tertiary/aromatic N) is 1. The zero-order valence-corrected chi connectivity index (χ0v) is 19.4. The monoisotopic (exact) mass is 426 g/mol. The molecule has 5 aliphatic rings. The maximum atomic E-state index is 7.36. The van der Waals surface area contributed by atoms with E-state index in [4.69, 9.17) is 4.74 Å². The van der Waals surface area contributed by atoms with E-state index in [-0.39, 0.29) is 16.6 Å². The Balaban J connectivity index is 1.29. The third-order valence-corrected chi connectivity index (χ3v) is 10.2. The van der Waals surface area contributed by atoms with Gasteiger partial charge in [0.2, 0.25) is 0 Å². The van der Waals surface area contributed by atoms with E-state index in [1.807, 2.05) is 12.4 Å². The average Bonchev–Trinajstić information content (AvgIpc) is 3.33. The van der Waals surface area contributed by atoms with Gasteiger partial charge in [-0.3, -0.25) is 4.98 Å². The number of ether oxygens (including phenoxy) is 1. The summed E-state index contributed by atoms with van der Waals surface area (Å²) in [4.78, 5) is 4.37. The van der Waals surface area contributed by atoms with Crippen LogP contribution in [0.1, 0.15) is 69.8 Å². The number of hydrogen-bond donors (Lipinski definition) is 1. The van der Waals surface area contributed by atoms with Gasteiger partial charge in [-0.05, 0) is 110 Å². The van der Waals surface area contributed by atoms with E-state index < -0.39 is 0 Å². The first kappa shape index (κ1) is 19.5. The fourth-order valence-corrected chi connectivity index (χ4v) is 8.52. The van der Waals surface area contributed by atoms with Crippen molar-refractivity contribution in [3.8, 4) is 0 Å². The second kappa shape index (κ2) is 6.55. The smallest absolute Gasteiger partial charge is 0.0974 e. The molecule has 2 aromatic rings. The molecule has 1 aromatic carbocycles. The SMILES string of the molecule is CN[C@@H]1CCC2=CC3=CC[C@]4(C)C(c5ccc6ccncc6c5)CC[C@H]4[C@@]34CC[C@]2(C1)O4. The van der Waals surface area contributed by atoms with Crippen LogP contribution in [-0.4, -0.2) is 29.3 Å². The number of aromatic nitrogens is 1. The van der Waals surface area contributed by atoms with Gasteiger partial charge in [-0.15, -0.1) is 0 Å². The molecule has 6 atom stereocenters. The second-order valence-electron chi connectivity index (χ2n) is 11.4. The highest BCUT2D eigenvalue weighted by molar-refractivity contribution is 5.82. The fraction of sp³-hybridized carbons (Fsp3) is 0.552. The first-order valence-corrected chi connectivity index (χ1v) is 12.7. The van der Waals surface area contributed by atoms with E-state index >= 15 is 0 Å². The summed E-state index contributed by atoms with van der Waals surface area (Å²) in [6, 6.07) is 9.79. The Labute approximate surface area is 191 Å². The molecule has 166 valence electrons. The van der Waals surface area contributed by atoms with Gasteiger partial charge < -0.3 is 10.1 Å². The fourth-order valence-electron chi connectivity index (χ4n) is 8.52. The van der Waals surface area contributed by atoms with Crippen LogP contribution in [-0.2, 0) is 4.74 Å². The van der Waals surface area contributed by atoms with Gasteiger partial charge in [0.05, 0.1) is 11.2 Å². The summed E-state index contributed by atoms with van der Waals surface area (Å²) in [6.45, 7) is 2.57. The molecule has 3 heterocycles. The van der Waals surface area contributed by atoms with Gasteiger partial charge in [0.15, 0.2) is 0 Å². The van der Waals surface area contributed by atoms with Gasteiger partial charge in [-0.2, -0.15) is 0 Å². The van der Waals surface area contributed by atoms with Crippen molar-refractivity contribution in [2.75, 3.05) is 7.05 Å². The third kappa shape index (κ3) is 2.42. The number of hydrogen-bond acceptors (Lipinski definition) is 3. The number of allylic oxidation sites excluding steroid dienone is 1. The highest BCUT2D eigenvalue weighted by atomic mass is 16.5. The third-order valence-electron chi connectivity index (χ3n) is 10.2. The molecule has 2 spiro atoms. The number of pyridine rings is 1. The van der Waals surface area contributed by atoms with Crippen LogP contribution in [0.5, 0.6) is 0 Å². The second-order valence-corrected chi connectivity index (χ2v) is 11.4. The lowest BCUT2D eigenvalue weighted by Gasteiger charge is -2.54. The van der Waals surface area contributed by atoms with E-state index in [0.717, 1.165) is 6.42 Å². The standard InChI is InChI=1S/C29H34N2O/c1-27-11-9-23-16-22-5-6-24(30-2)17-28(22)12-13-29(23,32-28)26(27)8-7-25(27)20-4-3-19-10-14-31-18-21(19)15-20/h3-4,9-10,14-16,18,24-26,30H,5-8,11-13,17H2,1-2H3/t24-,25?,26-,27-,28-,29-/m1/s1. The van der Waals surface area contributed by atoms with Crippen LogP contribution >= 0.6 is 0 Å². The lowest BCUT2D eigenvalue weighted by Crippen LogP contribution is -2.54. The molecule has 2 saturated carbocycles. The Morgan fingerprint density at radius 2 is 2.03 bits per heavy atom. The maximum absolute atomic E-state index is 7.36. The molecular weight excluding hydrogens is 392 g/mol. The molecule has 2 aliphatic heterocycles. The first-order valence-electron chi connectivity index (χ1n) is 12.7. The van der Waals surface area contributed by atoms with Gasteiger partial charge in [-0.1, -0.05) is 31.2 Å². The summed E-state index contributed by atoms with van der Waals surface area (Å²) in [5.74, 6) is 1.20. The first-order chi connectivity index (χ1) is 15.6. The van der Waals surface area contributed by atoms with E-state index in [1.165, 1.54) is 66.9 Å². The molecule has 3 nitrogen and oxygen atoms in total. The Morgan fingerprint density at radius 3 is 2.94 bits per heavy atom. The average molecular weight is 427 g/mol. The van der Waals surface area contributed by atoms with Crippen LogP contribution in [0.3, 0.4) is 0 Å². The van der Waals surface area contributed by atoms with Crippen molar-refractivity contribution in [2.45, 2.75) is 81.5 Å². The predicted molar refractivity (Wildman–Crippen MR) is 129 cm³/mol. The van der Waals surface area contributed by atoms with Crippen LogP contribution in [0, 0.1) is 11.3 Å².